The number of para-hydroxylation sites is 1. The van der Waals surface area contributed by atoms with E-state index in [-0.39, 0.29) is 5.91 Å². The minimum atomic E-state index is -0.230. The topological polar surface area (TPSA) is 99.6 Å². The summed E-state index contributed by atoms with van der Waals surface area (Å²) in [5, 5.41) is 10.0. The number of nitrogen functional groups attached to an aromatic ring is 1. The Morgan fingerprint density at radius 1 is 1.39 bits per heavy atom. The van der Waals surface area contributed by atoms with Gasteiger partial charge in [-0.1, -0.05) is 12.1 Å². The molecule has 2 heterocycles. The molecule has 3 aromatic rings. The Balaban J connectivity index is 1.94. The third kappa shape index (κ3) is 1.69. The third-order valence-corrected chi connectivity index (χ3v) is 2.69. The van der Waals surface area contributed by atoms with E-state index in [1.165, 1.54) is 6.20 Å². The van der Waals surface area contributed by atoms with Gasteiger partial charge in [-0.05, 0) is 12.1 Å². The lowest BCUT2D eigenvalue weighted by Crippen LogP contribution is -2.11. The average molecular weight is 241 g/mol. The number of aromatic amines is 2. The second kappa shape index (κ2) is 3.92. The zero-order valence-electron chi connectivity index (χ0n) is 9.40. The molecule has 0 aliphatic rings. The fraction of sp³-hybridized carbons (Fsp3) is 0. The fourth-order valence-corrected chi connectivity index (χ4v) is 1.82. The number of carbonyl (C=O) groups is 1. The second-order valence-corrected chi connectivity index (χ2v) is 3.94. The van der Waals surface area contributed by atoms with Crippen LogP contribution >= 0.6 is 0 Å². The summed E-state index contributed by atoms with van der Waals surface area (Å²) in [5.41, 5.74) is 8.30. The van der Waals surface area contributed by atoms with Crippen molar-refractivity contribution in [1.29, 1.82) is 0 Å². The van der Waals surface area contributed by atoms with E-state index in [0.717, 1.165) is 10.9 Å². The Morgan fingerprint density at radius 2 is 2.28 bits per heavy atom. The number of nitrogens with one attached hydrogen (secondary N) is 3. The lowest BCUT2D eigenvalue weighted by Gasteiger charge is -1.98. The van der Waals surface area contributed by atoms with E-state index < -0.39 is 0 Å². The van der Waals surface area contributed by atoms with Gasteiger partial charge in [0.05, 0.1) is 23.1 Å². The summed E-state index contributed by atoms with van der Waals surface area (Å²) in [4.78, 5) is 15.0. The van der Waals surface area contributed by atoms with Crippen LogP contribution < -0.4 is 11.1 Å². The van der Waals surface area contributed by atoms with E-state index in [1.54, 1.807) is 18.3 Å². The summed E-state index contributed by atoms with van der Waals surface area (Å²) >= 11 is 0. The van der Waals surface area contributed by atoms with E-state index in [1.807, 2.05) is 12.1 Å². The van der Waals surface area contributed by atoms with Gasteiger partial charge in [0.15, 0.2) is 0 Å². The van der Waals surface area contributed by atoms with Gasteiger partial charge >= 0.3 is 0 Å². The molecule has 0 atom stereocenters. The normalized spacial score (nSPS) is 10.7. The molecule has 1 amide bonds. The monoisotopic (exact) mass is 241 g/mol. The van der Waals surface area contributed by atoms with Crippen molar-refractivity contribution >= 4 is 28.2 Å². The van der Waals surface area contributed by atoms with Gasteiger partial charge in [0, 0.05) is 11.6 Å². The number of hydrogen-bond acceptors (Lipinski definition) is 3. The molecule has 2 aromatic heterocycles. The maximum absolute atomic E-state index is 12.0. The van der Waals surface area contributed by atoms with E-state index >= 15 is 0 Å². The quantitative estimate of drug-likeness (QED) is 0.514. The first-order valence-corrected chi connectivity index (χ1v) is 5.41. The number of carbonyl (C=O) groups excluding carboxylic acids is 1. The number of H-pyrrole nitrogens is 2. The van der Waals surface area contributed by atoms with Crippen molar-refractivity contribution in [3.63, 3.8) is 0 Å². The zero-order chi connectivity index (χ0) is 12.5. The SMILES string of the molecule is Nc1cccc2cc(C(=O)Nc3cn[nH]c3)[nH]c12. The van der Waals surface area contributed by atoms with Gasteiger partial charge in [0.1, 0.15) is 5.69 Å². The standard InChI is InChI=1S/C12H11N5O/c13-9-3-1-2-7-4-10(17-11(7)9)12(18)16-8-5-14-15-6-8/h1-6,17H,13H2,(H,14,15)(H,16,18). The lowest BCUT2D eigenvalue weighted by atomic mass is 10.2. The number of rotatable bonds is 2. The van der Waals surface area contributed by atoms with Gasteiger partial charge < -0.3 is 16.0 Å². The van der Waals surface area contributed by atoms with Crippen LogP contribution in [-0.2, 0) is 0 Å². The minimum Gasteiger partial charge on any atom is -0.397 e. The van der Waals surface area contributed by atoms with E-state index in [4.69, 9.17) is 5.73 Å². The van der Waals surface area contributed by atoms with E-state index in [2.05, 4.69) is 20.5 Å². The molecule has 0 bridgehead atoms. The molecule has 0 fully saturated rings. The summed E-state index contributed by atoms with van der Waals surface area (Å²) in [5.74, 6) is -0.230. The Labute approximate surface area is 102 Å². The molecule has 0 aliphatic heterocycles. The maximum Gasteiger partial charge on any atom is 0.272 e. The highest BCUT2D eigenvalue weighted by molar-refractivity contribution is 6.07. The maximum atomic E-state index is 12.0. The van der Waals surface area contributed by atoms with Gasteiger partial charge in [0.2, 0.25) is 0 Å². The van der Waals surface area contributed by atoms with Crippen molar-refractivity contribution in [3.8, 4) is 0 Å². The molecule has 0 spiro atoms. The van der Waals surface area contributed by atoms with Crippen molar-refractivity contribution in [2.24, 2.45) is 0 Å². The first-order valence-electron chi connectivity index (χ1n) is 5.41. The number of nitrogens with two attached hydrogens (primary N) is 1. The summed E-state index contributed by atoms with van der Waals surface area (Å²) in [6.45, 7) is 0. The average Bonchev–Trinajstić information content (AvgIpc) is 2.97. The predicted molar refractivity (Wildman–Crippen MR) is 69.3 cm³/mol. The molecule has 0 aliphatic carbocycles. The van der Waals surface area contributed by atoms with Crippen LogP contribution in [0.4, 0.5) is 11.4 Å². The van der Waals surface area contributed by atoms with Crippen LogP contribution in [0.1, 0.15) is 10.5 Å². The van der Waals surface area contributed by atoms with Crippen LogP contribution in [0.5, 0.6) is 0 Å². The molecule has 6 nitrogen and oxygen atoms in total. The van der Waals surface area contributed by atoms with Crippen molar-refractivity contribution in [3.05, 3.63) is 42.4 Å². The largest absolute Gasteiger partial charge is 0.397 e. The van der Waals surface area contributed by atoms with Gasteiger partial charge in [0.25, 0.3) is 5.91 Å². The van der Waals surface area contributed by atoms with E-state index in [9.17, 15) is 4.79 Å². The molecule has 90 valence electrons. The Hall–Kier alpha value is -2.76. The van der Waals surface area contributed by atoms with Crippen LogP contribution in [0.25, 0.3) is 10.9 Å². The smallest absolute Gasteiger partial charge is 0.272 e. The molecule has 18 heavy (non-hydrogen) atoms. The summed E-state index contributed by atoms with van der Waals surface area (Å²) < 4.78 is 0. The number of amides is 1. The second-order valence-electron chi connectivity index (χ2n) is 3.94. The van der Waals surface area contributed by atoms with Gasteiger partial charge in [-0.3, -0.25) is 9.89 Å². The van der Waals surface area contributed by atoms with Crippen molar-refractivity contribution in [1.82, 2.24) is 15.2 Å². The molecular formula is C12H11N5O. The number of anilines is 2. The fourth-order valence-electron chi connectivity index (χ4n) is 1.82. The molecule has 6 heteroatoms. The molecule has 0 radical (unpaired) electrons. The molecule has 0 saturated heterocycles. The number of fused-ring (bicyclic) bond motifs is 1. The van der Waals surface area contributed by atoms with Crippen molar-refractivity contribution < 1.29 is 4.79 Å². The van der Waals surface area contributed by atoms with Crippen LogP contribution in [-0.4, -0.2) is 21.1 Å². The number of nitrogens with zero attached hydrogens (tertiary/aromatic N) is 1. The number of benzene rings is 1. The highest BCUT2D eigenvalue weighted by Crippen LogP contribution is 2.21. The van der Waals surface area contributed by atoms with Crippen molar-refractivity contribution in [2.45, 2.75) is 0 Å². The first kappa shape index (κ1) is 10.4. The highest BCUT2D eigenvalue weighted by atomic mass is 16.1. The third-order valence-electron chi connectivity index (χ3n) is 2.69. The molecule has 5 N–H and O–H groups in total. The number of aromatic nitrogens is 3. The molecule has 0 saturated carbocycles. The zero-order valence-corrected chi connectivity index (χ0v) is 9.40. The first-order chi connectivity index (χ1) is 8.74. The molecule has 3 rings (SSSR count). The Kier molecular flexibility index (Phi) is 2.26. The van der Waals surface area contributed by atoms with E-state index in [0.29, 0.717) is 17.1 Å². The summed E-state index contributed by atoms with van der Waals surface area (Å²) in [6, 6.07) is 7.30. The Bertz CT molecular complexity index is 698. The number of hydrogen-bond donors (Lipinski definition) is 4. The molecule has 0 unspecified atom stereocenters. The minimum absolute atomic E-state index is 0.230. The van der Waals surface area contributed by atoms with Crippen LogP contribution in [0, 0.1) is 0 Å². The van der Waals surface area contributed by atoms with Gasteiger partial charge in [-0.2, -0.15) is 5.10 Å². The van der Waals surface area contributed by atoms with Crippen molar-refractivity contribution in [2.75, 3.05) is 11.1 Å². The Morgan fingerprint density at radius 3 is 3.00 bits per heavy atom. The van der Waals surface area contributed by atoms with Crippen LogP contribution in [0.2, 0.25) is 0 Å². The highest BCUT2D eigenvalue weighted by Gasteiger charge is 2.11. The van der Waals surface area contributed by atoms with Crippen LogP contribution in [0.15, 0.2) is 36.7 Å². The molecular weight excluding hydrogens is 230 g/mol. The van der Waals surface area contributed by atoms with Gasteiger partial charge in [-0.15, -0.1) is 0 Å². The van der Waals surface area contributed by atoms with Crippen LogP contribution in [0.3, 0.4) is 0 Å². The molecule has 1 aromatic carbocycles. The predicted octanol–water partition coefficient (Wildman–Crippen LogP) is 1.73. The summed E-state index contributed by atoms with van der Waals surface area (Å²) in [6.07, 6.45) is 3.14. The summed E-state index contributed by atoms with van der Waals surface area (Å²) in [7, 11) is 0. The lowest BCUT2D eigenvalue weighted by molar-refractivity contribution is 0.102. The van der Waals surface area contributed by atoms with Gasteiger partial charge in [-0.25, -0.2) is 0 Å².